The number of nitrogens with zero attached hydrogens (tertiary/aromatic N) is 4. The van der Waals surface area contributed by atoms with Crippen molar-refractivity contribution in [2.24, 2.45) is 5.41 Å². The number of carbonyl (C=O) groups excluding carboxylic acids is 1. The summed E-state index contributed by atoms with van der Waals surface area (Å²) in [5.74, 6) is 1.09. The van der Waals surface area contributed by atoms with E-state index in [1.165, 1.54) is 5.56 Å². The molecule has 1 aliphatic heterocycles. The molecule has 0 aliphatic carbocycles. The van der Waals surface area contributed by atoms with Crippen LogP contribution in [0.15, 0.2) is 36.4 Å². The number of amides is 1. The monoisotopic (exact) mass is 338 g/mol. The van der Waals surface area contributed by atoms with Crippen molar-refractivity contribution in [2.75, 3.05) is 31.1 Å². The Morgan fingerprint density at radius 3 is 2.08 bits per heavy atom. The highest BCUT2D eigenvalue weighted by Crippen LogP contribution is 2.22. The van der Waals surface area contributed by atoms with Gasteiger partial charge in [0.05, 0.1) is 5.69 Å². The first-order valence-electron chi connectivity index (χ1n) is 8.80. The van der Waals surface area contributed by atoms with Gasteiger partial charge >= 0.3 is 0 Å². The molecule has 0 bridgehead atoms. The maximum Gasteiger partial charge on any atom is 0.228 e. The molecule has 1 amide bonds. The normalized spacial score (nSPS) is 15.4. The number of carbonyl (C=O) groups is 1. The Morgan fingerprint density at radius 2 is 1.56 bits per heavy atom. The SMILES string of the molecule is Cc1ccc(-c2ccc(N3CCN(C(=O)C(C)(C)C)CC3)nn2)cc1. The molecule has 5 heteroatoms. The van der Waals surface area contributed by atoms with Crippen LogP contribution in [-0.2, 0) is 4.79 Å². The van der Waals surface area contributed by atoms with Crippen molar-refractivity contribution in [1.82, 2.24) is 15.1 Å². The summed E-state index contributed by atoms with van der Waals surface area (Å²) < 4.78 is 0. The molecule has 1 aromatic carbocycles. The van der Waals surface area contributed by atoms with Crippen molar-refractivity contribution in [1.29, 1.82) is 0 Å². The number of rotatable bonds is 2. The van der Waals surface area contributed by atoms with E-state index in [4.69, 9.17) is 0 Å². The summed E-state index contributed by atoms with van der Waals surface area (Å²) in [5.41, 5.74) is 2.86. The molecule has 0 spiro atoms. The van der Waals surface area contributed by atoms with Gasteiger partial charge in [-0.1, -0.05) is 50.6 Å². The molecular formula is C20H26N4O. The fraction of sp³-hybridized carbons (Fsp3) is 0.450. The fourth-order valence-corrected chi connectivity index (χ4v) is 2.99. The maximum atomic E-state index is 12.4. The Hall–Kier alpha value is -2.43. The number of aromatic nitrogens is 2. The minimum Gasteiger partial charge on any atom is -0.352 e. The lowest BCUT2D eigenvalue weighted by atomic mass is 9.94. The van der Waals surface area contributed by atoms with E-state index in [0.717, 1.165) is 43.3 Å². The predicted molar refractivity (Wildman–Crippen MR) is 100 cm³/mol. The van der Waals surface area contributed by atoms with Gasteiger partial charge in [-0.3, -0.25) is 4.79 Å². The predicted octanol–water partition coefficient (Wildman–Crippen LogP) is 3.15. The van der Waals surface area contributed by atoms with Crippen LogP contribution in [0, 0.1) is 12.3 Å². The zero-order valence-electron chi connectivity index (χ0n) is 15.5. The number of benzene rings is 1. The van der Waals surface area contributed by atoms with Gasteiger partial charge in [0, 0.05) is 37.2 Å². The lowest BCUT2D eigenvalue weighted by molar-refractivity contribution is -0.139. The molecule has 1 aromatic heterocycles. The van der Waals surface area contributed by atoms with Crippen molar-refractivity contribution >= 4 is 11.7 Å². The molecule has 25 heavy (non-hydrogen) atoms. The first kappa shape index (κ1) is 17.4. The van der Waals surface area contributed by atoms with Gasteiger partial charge in [-0.05, 0) is 19.1 Å². The Bertz CT molecular complexity index is 724. The third kappa shape index (κ3) is 3.98. The highest BCUT2D eigenvalue weighted by Gasteiger charge is 2.29. The molecule has 2 aromatic rings. The van der Waals surface area contributed by atoms with E-state index in [0.29, 0.717) is 0 Å². The Labute approximate surface area is 149 Å². The van der Waals surface area contributed by atoms with Crippen LogP contribution in [0.2, 0.25) is 0 Å². The number of hydrogen-bond donors (Lipinski definition) is 0. The zero-order valence-corrected chi connectivity index (χ0v) is 15.5. The molecular weight excluding hydrogens is 312 g/mol. The van der Waals surface area contributed by atoms with Gasteiger partial charge < -0.3 is 9.80 Å². The van der Waals surface area contributed by atoms with Gasteiger partial charge in [0.25, 0.3) is 0 Å². The summed E-state index contributed by atoms with van der Waals surface area (Å²) in [6, 6.07) is 12.3. The summed E-state index contributed by atoms with van der Waals surface area (Å²) in [6.07, 6.45) is 0. The first-order valence-corrected chi connectivity index (χ1v) is 8.80. The highest BCUT2D eigenvalue weighted by atomic mass is 16.2. The van der Waals surface area contributed by atoms with Gasteiger partial charge in [0.15, 0.2) is 5.82 Å². The van der Waals surface area contributed by atoms with E-state index in [1.807, 2.05) is 37.8 Å². The molecule has 0 atom stereocenters. The van der Waals surface area contributed by atoms with Crippen LogP contribution in [0.25, 0.3) is 11.3 Å². The molecule has 1 saturated heterocycles. The molecule has 0 N–H and O–H groups in total. The van der Waals surface area contributed by atoms with Gasteiger partial charge in [0.1, 0.15) is 0 Å². The second-order valence-electron chi connectivity index (χ2n) is 7.67. The molecule has 0 saturated carbocycles. The van der Waals surface area contributed by atoms with Crippen LogP contribution < -0.4 is 4.90 Å². The van der Waals surface area contributed by atoms with Crippen molar-refractivity contribution < 1.29 is 4.79 Å². The molecule has 3 rings (SSSR count). The van der Waals surface area contributed by atoms with E-state index < -0.39 is 0 Å². The third-order valence-electron chi connectivity index (χ3n) is 4.53. The molecule has 132 valence electrons. The molecule has 2 heterocycles. The van der Waals surface area contributed by atoms with E-state index in [9.17, 15) is 4.79 Å². The van der Waals surface area contributed by atoms with E-state index in [2.05, 4.69) is 46.3 Å². The number of piperazine rings is 1. The van der Waals surface area contributed by atoms with Gasteiger partial charge in [-0.25, -0.2) is 0 Å². The minimum absolute atomic E-state index is 0.216. The first-order chi connectivity index (χ1) is 11.8. The summed E-state index contributed by atoms with van der Waals surface area (Å²) >= 11 is 0. The summed E-state index contributed by atoms with van der Waals surface area (Å²) in [4.78, 5) is 16.5. The van der Waals surface area contributed by atoms with Crippen LogP contribution in [0.5, 0.6) is 0 Å². The number of hydrogen-bond acceptors (Lipinski definition) is 4. The van der Waals surface area contributed by atoms with Crippen LogP contribution >= 0.6 is 0 Å². The van der Waals surface area contributed by atoms with E-state index >= 15 is 0 Å². The topological polar surface area (TPSA) is 49.3 Å². The number of anilines is 1. The maximum absolute atomic E-state index is 12.4. The smallest absolute Gasteiger partial charge is 0.228 e. The molecule has 0 unspecified atom stereocenters. The molecule has 5 nitrogen and oxygen atoms in total. The summed E-state index contributed by atoms with van der Waals surface area (Å²) in [7, 11) is 0. The molecule has 0 radical (unpaired) electrons. The highest BCUT2D eigenvalue weighted by molar-refractivity contribution is 5.81. The van der Waals surface area contributed by atoms with Crippen LogP contribution in [0.4, 0.5) is 5.82 Å². The Kier molecular flexibility index (Phi) is 4.75. The van der Waals surface area contributed by atoms with Crippen LogP contribution in [0.1, 0.15) is 26.3 Å². The average molecular weight is 338 g/mol. The van der Waals surface area contributed by atoms with Gasteiger partial charge in [-0.15, -0.1) is 10.2 Å². The van der Waals surface area contributed by atoms with Gasteiger partial charge in [-0.2, -0.15) is 0 Å². The van der Waals surface area contributed by atoms with Crippen molar-refractivity contribution in [3.63, 3.8) is 0 Å². The van der Waals surface area contributed by atoms with Gasteiger partial charge in [0.2, 0.25) is 5.91 Å². The van der Waals surface area contributed by atoms with Crippen LogP contribution in [-0.4, -0.2) is 47.2 Å². The van der Waals surface area contributed by atoms with E-state index in [1.54, 1.807) is 0 Å². The average Bonchev–Trinajstić information content (AvgIpc) is 2.61. The van der Waals surface area contributed by atoms with Crippen molar-refractivity contribution in [3.8, 4) is 11.3 Å². The Balaban J connectivity index is 1.64. The fourth-order valence-electron chi connectivity index (χ4n) is 2.99. The summed E-state index contributed by atoms with van der Waals surface area (Å²) in [5, 5.41) is 8.77. The Morgan fingerprint density at radius 1 is 0.920 bits per heavy atom. The quantitative estimate of drug-likeness (QED) is 0.844. The largest absolute Gasteiger partial charge is 0.352 e. The molecule has 1 fully saturated rings. The standard InChI is InChI=1S/C20H26N4O/c1-15-5-7-16(8-6-15)17-9-10-18(22-21-17)23-11-13-24(14-12-23)19(25)20(2,3)4/h5-10H,11-14H2,1-4H3. The zero-order chi connectivity index (χ0) is 18.0. The molecule has 1 aliphatic rings. The lowest BCUT2D eigenvalue weighted by Crippen LogP contribution is -2.51. The van der Waals surface area contributed by atoms with E-state index in [-0.39, 0.29) is 11.3 Å². The number of aryl methyl sites for hydroxylation is 1. The lowest BCUT2D eigenvalue weighted by Gasteiger charge is -2.38. The van der Waals surface area contributed by atoms with Crippen LogP contribution in [0.3, 0.4) is 0 Å². The third-order valence-corrected chi connectivity index (χ3v) is 4.53. The second-order valence-corrected chi connectivity index (χ2v) is 7.67. The minimum atomic E-state index is -0.322. The summed E-state index contributed by atoms with van der Waals surface area (Å²) in [6.45, 7) is 11.0. The second kappa shape index (κ2) is 6.82. The van der Waals surface area contributed by atoms with Crippen molar-refractivity contribution in [3.05, 3.63) is 42.0 Å². The van der Waals surface area contributed by atoms with Crippen molar-refractivity contribution in [2.45, 2.75) is 27.7 Å².